The Hall–Kier alpha value is -3.76. The van der Waals surface area contributed by atoms with Crippen molar-refractivity contribution in [1.29, 1.82) is 0 Å². The third-order valence-corrected chi connectivity index (χ3v) is 5.97. The molecule has 1 aliphatic rings. The zero-order valence-electron chi connectivity index (χ0n) is 20.5. The van der Waals surface area contributed by atoms with Gasteiger partial charge in [0.1, 0.15) is 11.5 Å². The highest BCUT2D eigenvalue weighted by molar-refractivity contribution is 6.04. The van der Waals surface area contributed by atoms with E-state index in [-0.39, 0.29) is 17.5 Å². The normalized spacial score (nSPS) is 13.4. The first-order valence-electron chi connectivity index (χ1n) is 11.7. The molecule has 2 aromatic heterocycles. The van der Waals surface area contributed by atoms with Crippen LogP contribution in [0.1, 0.15) is 54.0 Å². The molecule has 3 aromatic rings. The van der Waals surface area contributed by atoms with Crippen LogP contribution in [0.5, 0.6) is 0 Å². The van der Waals surface area contributed by atoms with Crippen molar-refractivity contribution in [1.82, 2.24) is 9.97 Å². The molecule has 1 N–H and O–H groups in total. The number of pyridine rings is 2. The first kappa shape index (κ1) is 24.4. The van der Waals surface area contributed by atoms with Crippen molar-refractivity contribution in [3.05, 3.63) is 71.1 Å². The Morgan fingerprint density at radius 2 is 1.94 bits per heavy atom. The number of carbonyl (C=O) groups is 1. The summed E-state index contributed by atoms with van der Waals surface area (Å²) in [7, 11) is 0. The summed E-state index contributed by atoms with van der Waals surface area (Å²) in [6, 6.07) is 8.49. The Kier molecular flexibility index (Phi) is 7.42. The van der Waals surface area contributed by atoms with Gasteiger partial charge in [-0.25, -0.2) is 9.37 Å². The van der Waals surface area contributed by atoms with E-state index in [4.69, 9.17) is 4.74 Å². The molecule has 6 nitrogen and oxygen atoms in total. The number of hydrogen-bond donors (Lipinski definition) is 1. The van der Waals surface area contributed by atoms with Crippen molar-refractivity contribution < 1.29 is 13.9 Å². The van der Waals surface area contributed by atoms with Gasteiger partial charge < -0.3 is 15.0 Å². The molecule has 0 bridgehead atoms. The molecule has 0 spiro atoms. The molecule has 1 fully saturated rings. The van der Waals surface area contributed by atoms with E-state index < -0.39 is 5.82 Å². The second-order valence-corrected chi connectivity index (χ2v) is 8.79. The third-order valence-electron chi connectivity index (χ3n) is 5.97. The van der Waals surface area contributed by atoms with Gasteiger partial charge in [0.25, 0.3) is 5.91 Å². The predicted octanol–water partition coefficient (Wildman–Crippen LogP) is 5.17. The highest BCUT2D eigenvalue weighted by atomic mass is 19.1. The van der Waals surface area contributed by atoms with Gasteiger partial charge in [0.2, 0.25) is 0 Å². The average molecular weight is 473 g/mol. The van der Waals surface area contributed by atoms with Crippen LogP contribution in [-0.2, 0) is 4.74 Å². The standard InChI is InChI=1S/C28H29FN4O2/c1-5-6-24-27(33-9-11-35-12-10-33)15-21(17-31-24)22-16-26(23(29)13-19(22)4)32-28(34)20-7-8-30-25(14-20)18(2)3/h7-8,13-18H,9-12H2,1-4H3,(H,32,34). The Morgan fingerprint density at radius 1 is 1.17 bits per heavy atom. The summed E-state index contributed by atoms with van der Waals surface area (Å²) in [6.45, 7) is 10.4. The van der Waals surface area contributed by atoms with Gasteiger partial charge in [-0.05, 0) is 67.1 Å². The lowest BCUT2D eigenvalue weighted by molar-refractivity contribution is 0.102. The minimum atomic E-state index is -0.493. The molecule has 3 heterocycles. The van der Waals surface area contributed by atoms with Crippen molar-refractivity contribution >= 4 is 17.3 Å². The van der Waals surface area contributed by atoms with Crippen molar-refractivity contribution in [2.24, 2.45) is 0 Å². The number of amides is 1. The molecule has 1 amide bonds. The maximum absolute atomic E-state index is 14.9. The first-order chi connectivity index (χ1) is 16.9. The summed E-state index contributed by atoms with van der Waals surface area (Å²) in [4.78, 5) is 24.0. The van der Waals surface area contributed by atoms with E-state index in [1.54, 1.807) is 37.5 Å². The molecule has 7 heteroatoms. The zero-order chi connectivity index (χ0) is 24.9. The largest absolute Gasteiger partial charge is 0.378 e. The van der Waals surface area contributed by atoms with Crippen LogP contribution in [0.3, 0.4) is 0 Å². The number of nitrogens with zero attached hydrogens (tertiary/aromatic N) is 3. The molecule has 1 aliphatic heterocycles. The fourth-order valence-corrected chi connectivity index (χ4v) is 4.04. The van der Waals surface area contributed by atoms with Crippen LogP contribution >= 0.6 is 0 Å². The molecule has 4 rings (SSSR count). The Labute approximate surface area is 205 Å². The molecule has 1 aromatic carbocycles. The van der Waals surface area contributed by atoms with Gasteiger partial charge in [0, 0.05) is 42.3 Å². The number of benzene rings is 1. The molecule has 180 valence electrons. The number of hydrogen-bond acceptors (Lipinski definition) is 5. The number of aromatic nitrogens is 2. The topological polar surface area (TPSA) is 67.4 Å². The molecule has 0 unspecified atom stereocenters. The van der Waals surface area contributed by atoms with Gasteiger partial charge in [-0.2, -0.15) is 0 Å². The minimum absolute atomic E-state index is 0.115. The lowest BCUT2D eigenvalue weighted by Gasteiger charge is -2.29. The maximum atomic E-state index is 14.9. The fraction of sp³-hybridized carbons (Fsp3) is 0.321. The molecule has 1 saturated heterocycles. The second-order valence-electron chi connectivity index (χ2n) is 8.79. The quantitative estimate of drug-likeness (QED) is 0.519. The Balaban J connectivity index is 1.69. The zero-order valence-corrected chi connectivity index (χ0v) is 20.5. The number of nitrogens with one attached hydrogen (secondary N) is 1. The van der Waals surface area contributed by atoms with E-state index in [2.05, 4.69) is 32.0 Å². The number of halogens is 1. The molecule has 0 atom stereocenters. The van der Waals surface area contributed by atoms with E-state index in [1.165, 1.54) is 6.07 Å². The summed E-state index contributed by atoms with van der Waals surface area (Å²) in [5, 5.41) is 2.73. The lowest BCUT2D eigenvalue weighted by Crippen LogP contribution is -2.36. The van der Waals surface area contributed by atoms with Gasteiger partial charge in [-0.15, -0.1) is 0 Å². The van der Waals surface area contributed by atoms with E-state index >= 15 is 0 Å². The van der Waals surface area contributed by atoms with Crippen LogP contribution in [-0.4, -0.2) is 42.2 Å². The highest BCUT2D eigenvalue weighted by Gasteiger charge is 2.19. The van der Waals surface area contributed by atoms with Crippen LogP contribution < -0.4 is 10.2 Å². The van der Waals surface area contributed by atoms with Gasteiger partial charge in [0.15, 0.2) is 0 Å². The highest BCUT2D eigenvalue weighted by Crippen LogP contribution is 2.32. The summed E-state index contributed by atoms with van der Waals surface area (Å²) in [5.41, 5.74) is 5.34. The molecule has 0 saturated carbocycles. The number of aryl methyl sites for hydroxylation is 1. The van der Waals surface area contributed by atoms with Gasteiger partial charge in [0.05, 0.1) is 24.6 Å². The molecule has 0 aliphatic carbocycles. The van der Waals surface area contributed by atoms with Crippen LogP contribution in [0.4, 0.5) is 15.8 Å². The first-order valence-corrected chi connectivity index (χ1v) is 11.7. The van der Waals surface area contributed by atoms with Gasteiger partial charge >= 0.3 is 0 Å². The van der Waals surface area contributed by atoms with Crippen LogP contribution in [0.15, 0.2) is 42.7 Å². The summed E-state index contributed by atoms with van der Waals surface area (Å²) >= 11 is 0. The molecular weight excluding hydrogens is 443 g/mol. The SMILES string of the molecule is CC#Cc1ncc(-c2cc(NC(=O)c3ccnc(C(C)C)c3)c(F)cc2C)cc1N1CCOCC1. The Morgan fingerprint density at radius 3 is 2.66 bits per heavy atom. The van der Waals surface area contributed by atoms with Crippen LogP contribution in [0, 0.1) is 24.6 Å². The number of anilines is 2. The molecular formula is C28H29FN4O2. The Bertz CT molecular complexity index is 1300. The minimum Gasteiger partial charge on any atom is -0.378 e. The third kappa shape index (κ3) is 5.50. The van der Waals surface area contributed by atoms with Gasteiger partial charge in [-0.3, -0.25) is 9.78 Å². The van der Waals surface area contributed by atoms with E-state index in [9.17, 15) is 9.18 Å². The van der Waals surface area contributed by atoms with E-state index in [1.807, 2.05) is 26.8 Å². The lowest BCUT2D eigenvalue weighted by atomic mass is 9.99. The van der Waals surface area contributed by atoms with E-state index in [0.29, 0.717) is 24.5 Å². The monoisotopic (exact) mass is 472 g/mol. The van der Waals surface area contributed by atoms with Crippen molar-refractivity contribution in [3.8, 4) is 23.0 Å². The second kappa shape index (κ2) is 10.7. The van der Waals surface area contributed by atoms with Crippen LogP contribution in [0.2, 0.25) is 0 Å². The fourth-order valence-electron chi connectivity index (χ4n) is 4.04. The van der Waals surface area contributed by atoms with E-state index in [0.717, 1.165) is 41.2 Å². The number of rotatable bonds is 5. The molecule has 35 heavy (non-hydrogen) atoms. The van der Waals surface area contributed by atoms with Crippen molar-refractivity contribution in [2.45, 2.75) is 33.6 Å². The van der Waals surface area contributed by atoms with Crippen LogP contribution in [0.25, 0.3) is 11.1 Å². The number of ether oxygens (including phenoxy) is 1. The summed E-state index contributed by atoms with van der Waals surface area (Å²) in [5.74, 6) is 5.31. The van der Waals surface area contributed by atoms with Crippen molar-refractivity contribution in [3.63, 3.8) is 0 Å². The average Bonchev–Trinajstić information content (AvgIpc) is 2.86. The maximum Gasteiger partial charge on any atom is 0.255 e. The summed E-state index contributed by atoms with van der Waals surface area (Å²) < 4.78 is 20.4. The predicted molar refractivity (Wildman–Crippen MR) is 136 cm³/mol. The summed E-state index contributed by atoms with van der Waals surface area (Å²) in [6.07, 6.45) is 3.34. The van der Waals surface area contributed by atoms with Crippen molar-refractivity contribution in [2.75, 3.05) is 36.5 Å². The number of carbonyl (C=O) groups excluding carboxylic acids is 1. The molecule has 0 radical (unpaired) electrons. The number of morpholine rings is 1. The van der Waals surface area contributed by atoms with Gasteiger partial charge in [-0.1, -0.05) is 19.8 Å². The smallest absolute Gasteiger partial charge is 0.255 e.